The molecule has 0 aliphatic rings. The highest BCUT2D eigenvalue weighted by Gasteiger charge is 2.06. The first-order chi connectivity index (χ1) is 5.65. The van der Waals surface area contributed by atoms with Gasteiger partial charge < -0.3 is 0 Å². The molecule has 4 heteroatoms. The monoisotopic (exact) mass is 186 g/mol. The van der Waals surface area contributed by atoms with Crippen molar-refractivity contribution in [2.75, 3.05) is 0 Å². The second-order valence-corrected chi connectivity index (χ2v) is 2.52. The van der Waals surface area contributed by atoms with Gasteiger partial charge in [-0.3, -0.25) is 9.59 Å². The predicted octanol–water partition coefficient (Wildman–Crippen LogP) is 1.86. The lowest BCUT2D eigenvalue weighted by Crippen LogP contribution is -1.99. The van der Waals surface area contributed by atoms with Crippen molar-refractivity contribution in [3.63, 3.8) is 0 Å². The molecule has 1 aromatic carbocycles. The van der Waals surface area contributed by atoms with Crippen LogP contribution in [0.1, 0.15) is 10.4 Å². The van der Waals surface area contributed by atoms with Gasteiger partial charge >= 0.3 is 0 Å². The summed E-state index contributed by atoms with van der Waals surface area (Å²) in [5.41, 5.74) is 0.0939. The molecule has 0 heterocycles. The SMILES string of the molecule is O=CC(=O)c1ccc(F)c(Cl)c1. The summed E-state index contributed by atoms with van der Waals surface area (Å²) in [6.07, 6.45) is 0.156. The van der Waals surface area contributed by atoms with Gasteiger partial charge in [-0.15, -0.1) is 0 Å². The number of carbonyl (C=O) groups is 2. The van der Waals surface area contributed by atoms with Gasteiger partial charge in [-0.25, -0.2) is 4.39 Å². The van der Waals surface area contributed by atoms with Gasteiger partial charge in [-0.2, -0.15) is 0 Å². The molecule has 0 spiro atoms. The molecule has 0 fully saturated rings. The minimum atomic E-state index is -0.711. The number of ketones is 1. The van der Waals surface area contributed by atoms with Crippen LogP contribution in [0.3, 0.4) is 0 Å². The van der Waals surface area contributed by atoms with E-state index < -0.39 is 11.6 Å². The first kappa shape index (κ1) is 8.87. The van der Waals surface area contributed by atoms with E-state index in [1.54, 1.807) is 0 Å². The molecule has 0 atom stereocenters. The Kier molecular flexibility index (Phi) is 2.55. The summed E-state index contributed by atoms with van der Waals surface area (Å²) in [6.45, 7) is 0. The highest BCUT2D eigenvalue weighted by molar-refractivity contribution is 6.35. The van der Waals surface area contributed by atoms with Gasteiger partial charge in [0.15, 0.2) is 6.29 Å². The fourth-order valence-electron chi connectivity index (χ4n) is 0.717. The molecular formula is C8H4ClFO2. The molecule has 0 aliphatic carbocycles. The molecule has 62 valence electrons. The lowest BCUT2D eigenvalue weighted by molar-refractivity contribution is -0.104. The number of hydrogen-bond acceptors (Lipinski definition) is 2. The summed E-state index contributed by atoms with van der Waals surface area (Å²) in [5.74, 6) is -1.32. The van der Waals surface area contributed by atoms with Gasteiger partial charge in [0.2, 0.25) is 5.78 Å². The van der Waals surface area contributed by atoms with Crippen LogP contribution in [0.2, 0.25) is 5.02 Å². The standard InChI is InChI=1S/C8H4ClFO2/c9-6-3-5(8(12)4-11)1-2-7(6)10/h1-4H. The topological polar surface area (TPSA) is 34.1 Å². The van der Waals surface area contributed by atoms with Crippen molar-refractivity contribution >= 4 is 23.7 Å². The Hall–Kier alpha value is -1.22. The van der Waals surface area contributed by atoms with Crippen LogP contribution in [0.4, 0.5) is 4.39 Å². The fourth-order valence-corrected chi connectivity index (χ4v) is 0.898. The van der Waals surface area contributed by atoms with Crippen LogP contribution in [0.25, 0.3) is 0 Å². The Bertz CT molecular complexity index is 336. The average Bonchev–Trinajstić information content (AvgIpc) is 2.08. The van der Waals surface area contributed by atoms with Crippen LogP contribution in [-0.4, -0.2) is 12.1 Å². The number of aldehydes is 1. The first-order valence-corrected chi connectivity index (χ1v) is 3.47. The van der Waals surface area contributed by atoms with E-state index in [1.165, 1.54) is 6.07 Å². The highest BCUT2D eigenvalue weighted by Crippen LogP contribution is 2.15. The number of hydrogen-bond donors (Lipinski definition) is 0. The summed E-state index contributed by atoms with van der Waals surface area (Å²) in [4.78, 5) is 20.7. The summed E-state index contributed by atoms with van der Waals surface area (Å²) >= 11 is 5.37. The Morgan fingerprint density at radius 3 is 2.67 bits per heavy atom. The van der Waals surface area contributed by atoms with E-state index >= 15 is 0 Å². The van der Waals surface area contributed by atoms with E-state index in [4.69, 9.17) is 11.6 Å². The van der Waals surface area contributed by atoms with Crippen molar-refractivity contribution in [1.29, 1.82) is 0 Å². The van der Waals surface area contributed by atoms with Crippen LogP contribution in [-0.2, 0) is 4.79 Å². The predicted molar refractivity (Wildman–Crippen MR) is 41.8 cm³/mol. The van der Waals surface area contributed by atoms with E-state index in [9.17, 15) is 14.0 Å². The number of rotatable bonds is 2. The van der Waals surface area contributed by atoms with E-state index in [1.807, 2.05) is 0 Å². The lowest BCUT2D eigenvalue weighted by atomic mass is 10.1. The third-order valence-corrected chi connectivity index (χ3v) is 1.60. The summed E-state index contributed by atoms with van der Waals surface area (Å²) in [5, 5.41) is -0.164. The summed E-state index contributed by atoms with van der Waals surface area (Å²) < 4.78 is 12.5. The van der Waals surface area contributed by atoms with Gasteiger partial charge in [0.25, 0.3) is 0 Å². The van der Waals surface area contributed by atoms with Gasteiger partial charge in [0.1, 0.15) is 5.82 Å². The van der Waals surface area contributed by atoms with Gasteiger partial charge in [0.05, 0.1) is 5.02 Å². The zero-order valence-corrected chi connectivity index (χ0v) is 6.64. The second-order valence-electron chi connectivity index (χ2n) is 2.11. The van der Waals surface area contributed by atoms with Crippen LogP contribution in [0, 0.1) is 5.82 Å². The maximum atomic E-state index is 12.5. The molecule has 0 radical (unpaired) electrons. The van der Waals surface area contributed by atoms with Crippen LogP contribution in [0.15, 0.2) is 18.2 Å². The minimum absolute atomic E-state index is 0.0939. The highest BCUT2D eigenvalue weighted by atomic mass is 35.5. The molecule has 12 heavy (non-hydrogen) atoms. The number of Topliss-reactive ketones (excluding diaryl/α,β-unsaturated/α-hetero) is 1. The molecule has 0 saturated heterocycles. The molecule has 1 aromatic rings. The molecule has 1 rings (SSSR count). The average molecular weight is 187 g/mol. The largest absolute Gasteiger partial charge is 0.294 e. The Balaban J connectivity index is 3.13. The van der Waals surface area contributed by atoms with Gasteiger partial charge in [-0.05, 0) is 18.2 Å². The Morgan fingerprint density at radius 2 is 2.17 bits per heavy atom. The van der Waals surface area contributed by atoms with Crippen molar-refractivity contribution in [3.8, 4) is 0 Å². The Labute approximate surface area is 73.0 Å². The van der Waals surface area contributed by atoms with E-state index in [0.717, 1.165) is 12.1 Å². The van der Waals surface area contributed by atoms with Crippen LogP contribution in [0.5, 0.6) is 0 Å². The molecule has 0 aliphatic heterocycles. The molecule has 2 nitrogen and oxygen atoms in total. The zero-order chi connectivity index (χ0) is 9.14. The number of carbonyl (C=O) groups excluding carboxylic acids is 2. The van der Waals surface area contributed by atoms with Crippen molar-refractivity contribution in [2.45, 2.75) is 0 Å². The molecule has 0 saturated carbocycles. The normalized spacial score (nSPS) is 9.50. The van der Waals surface area contributed by atoms with Crippen molar-refractivity contribution in [2.24, 2.45) is 0 Å². The molecule has 0 amide bonds. The van der Waals surface area contributed by atoms with E-state index in [-0.39, 0.29) is 16.9 Å². The fraction of sp³-hybridized carbons (Fsp3) is 0. The maximum Gasteiger partial charge on any atom is 0.225 e. The second kappa shape index (κ2) is 3.45. The quantitative estimate of drug-likeness (QED) is 0.401. The molecule has 0 aromatic heterocycles. The zero-order valence-electron chi connectivity index (χ0n) is 5.88. The minimum Gasteiger partial charge on any atom is -0.294 e. The van der Waals surface area contributed by atoms with Gasteiger partial charge in [0, 0.05) is 5.56 Å². The molecule has 0 N–H and O–H groups in total. The third kappa shape index (κ3) is 1.68. The van der Waals surface area contributed by atoms with Crippen LogP contribution >= 0.6 is 11.6 Å². The summed E-state index contributed by atoms with van der Waals surface area (Å²) in [7, 11) is 0. The third-order valence-electron chi connectivity index (χ3n) is 1.31. The van der Waals surface area contributed by atoms with E-state index in [0.29, 0.717) is 0 Å². The molecular weight excluding hydrogens is 183 g/mol. The smallest absolute Gasteiger partial charge is 0.225 e. The van der Waals surface area contributed by atoms with Crippen molar-refractivity contribution in [3.05, 3.63) is 34.6 Å². The molecule has 0 unspecified atom stereocenters. The van der Waals surface area contributed by atoms with Crippen molar-refractivity contribution in [1.82, 2.24) is 0 Å². The first-order valence-electron chi connectivity index (χ1n) is 3.09. The Morgan fingerprint density at radius 1 is 1.50 bits per heavy atom. The van der Waals surface area contributed by atoms with Crippen LogP contribution < -0.4 is 0 Å². The summed E-state index contributed by atoms with van der Waals surface area (Å²) in [6, 6.07) is 3.37. The maximum absolute atomic E-state index is 12.5. The number of benzene rings is 1. The van der Waals surface area contributed by atoms with Crippen molar-refractivity contribution < 1.29 is 14.0 Å². The lowest BCUT2D eigenvalue weighted by Gasteiger charge is -1.95. The van der Waals surface area contributed by atoms with E-state index in [2.05, 4.69) is 0 Å². The molecule has 0 bridgehead atoms. The van der Waals surface area contributed by atoms with Gasteiger partial charge in [-0.1, -0.05) is 11.6 Å². The number of halogens is 2.